The highest BCUT2D eigenvalue weighted by molar-refractivity contribution is 7.15. The van der Waals surface area contributed by atoms with E-state index in [1.807, 2.05) is 0 Å². The molecule has 1 unspecified atom stereocenters. The SMILES string of the molecule is CCc1nnc(NC2CCCN(Cc3ccccc3)C2)s1. The van der Waals surface area contributed by atoms with Crippen LogP contribution in [0.3, 0.4) is 0 Å². The van der Waals surface area contributed by atoms with Gasteiger partial charge in [0, 0.05) is 19.1 Å². The minimum atomic E-state index is 0.486. The van der Waals surface area contributed by atoms with Crippen molar-refractivity contribution in [1.82, 2.24) is 15.1 Å². The maximum atomic E-state index is 4.23. The molecule has 1 fully saturated rings. The molecule has 1 saturated heterocycles. The smallest absolute Gasteiger partial charge is 0.205 e. The third-order valence-electron chi connectivity index (χ3n) is 3.85. The Labute approximate surface area is 130 Å². The zero-order valence-corrected chi connectivity index (χ0v) is 13.3. The van der Waals surface area contributed by atoms with Crippen molar-refractivity contribution in [3.8, 4) is 0 Å². The van der Waals surface area contributed by atoms with Gasteiger partial charge in [0.25, 0.3) is 0 Å². The number of rotatable bonds is 5. The molecule has 1 atom stereocenters. The molecule has 0 radical (unpaired) electrons. The monoisotopic (exact) mass is 302 g/mol. The van der Waals surface area contributed by atoms with Crippen LogP contribution >= 0.6 is 11.3 Å². The van der Waals surface area contributed by atoms with Crippen molar-refractivity contribution in [2.45, 2.75) is 38.8 Å². The second-order valence-electron chi connectivity index (χ2n) is 5.56. The average Bonchev–Trinajstić information content (AvgIpc) is 2.96. The number of hydrogen-bond donors (Lipinski definition) is 1. The Morgan fingerprint density at radius 3 is 2.90 bits per heavy atom. The van der Waals surface area contributed by atoms with Crippen molar-refractivity contribution in [1.29, 1.82) is 0 Å². The number of aryl methyl sites for hydroxylation is 1. The highest BCUT2D eigenvalue weighted by Gasteiger charge is 2.20. The normalized spacial score (nSPS) is 19.6. The summed E-state index contributed by atoms with van der Waals surface area (Å²) < 4.78 is 0. The first kappa shape index (κ1) is 14.5. The van der Waals surface area contributed by atoms with Gasteiger partial charge < -0.3 is 5.32 Å². The first-order chi connectivity index (χ1) is 10.3. The van der Waals surface area contributed by atoms with Crippen molar-refractivity contribution in [2.75, 3.05) is 18.4 Å². The first-order valence-corrected chi connectivity index (χ1v) is 8.50. The Morgan fingerprint density at radius 1 is 1.29 bits per heavy atom. The van der Waals surface area contributed by atoms with Crippen LogP contribution in [0.15, 0.2) is 30.3 Å². The lowest BCUT2D eigenvalue weighted by Crippen LogP contribution is -2.41. The van der Waals surface area contributed by atoms with Crippen molar-refractivity contribution < 1.29 is 0 Å². The summed E-state index contributed by atoms with van der Waals surface area (Å²) in [4.78, 5) is 2.53. The number of piperidine rings is 1. The average molecular weight is 302 g/mol. The Kier molecular flexibility index (Phi) is 4.83. The molecule has 1 aliphatic rings. The number of nitrogens with one attached hydrogen (secondary N) is 1. The first-order valence-electron chi connectivity index (χ1n) is 7.68. The molecular formula is C16H22N4S. The topological polar surface area (TPSA) is 41.1 Å². The van der Waals surface area contributed by atoms with Crippen LogP contribution in [-0.4, -0.2) is 34.2 Å². The van der Waals surface area contributed by atoms with Crippen LogP contribution < -0.4 is 5.32 Å². The van der Waals surface area contributed by atoms with E-state index in [4.69, 9.17) is 0 Å². The lowest BCUT2D eigenvalue weighted by atomic mass is 10.1. The number of anilines is 1. The third kappa shape index (κ3) is 4.02. The van der Waals surface area contributed by atoms with E-state index in [0.717, 1.165) is 29.6 Å². The molecule has 0 spiro atoms. The Morgan fingerprint density at radius 2 is 2.14 bits per heavy atom. The lowest BCUT2D eigenvalue weighted by Gasteiger charge is -2.33. The van der Waals surface area contributed by atoms with Gasteiger partial charge in [0.15, 0.2) is 0 Å². The Bertz CT molecular complexity index is 554. The second kappa shape index (κ2) is 7.00. The lowest BCUT2D eigenvalue weighted by molar-refractivity contribution is 0.208. The van der Waals surface area contributed by atoms with Gasteiger partial charge in [0.2, 0.25) is 5.13 Å². The fourth-order valence-electron chi connectivity index (χ4n) is 2.79. The quantitative estimate of drug-likeness (QED) is 0.921. The Balaban J connectivity index is 1.55. The van der Waals surface area contributed by atoms with Crippen molar-refractivity contribution in [2.24, 2.45) is 0 Å². The van der Waals surface area contributed by atoms with E-state index in [0.29, 0.717) is 6.04 Å². The van der Waals surface area contributed by atoms with E-state index in [9.17, 15) is 0 Å². The van der Waals surface area contributed by atoms with Gasteiger partial charge in [0.1, 0.15) is 5.01 Å². The summed E-state index contributed by atoms with van der Waals surface area (Å²) in [7, 11) is 0. The zero-order chi connectivity index (χ0) is 14.5. The highest BCUT2D eigenvalue weighted by atomic mass is 32.1. The molecule has 1 N–H and O–H groups in total. The molecule has 1 aromatic carbocycles. The summed E-state index contributed by atoms with van der Waals surface area (Å²) in [6.07, 6.45) is 3.42. The van der Waals surface area contributed by atoms with Crippen LogP contribution in [0.1, 0.15) is 30.3 Å². The van der Waals surface area contributed by atoms with Gasteiger partial charge in [-0.05, 0) is 31.4 Å². The van der Waals surface area contributed by atoms with Crippen LogP contribution in [0.2, 0.25) is 0 Å². The van der Waals surface area contributed by atoms with Gasteiger partial charge >= 0.3 is 0 Å². The van der Waals surface area contributed by atoms with E-state index < -0.39 is 0 Å². The summed E-state index contributed by atoms with van der Waals surface area (Å²) in [5.74, 6) is 0. The molecule has 3 rings (SSSR count). The second-order valence-corrected chi connectivity index (χ2v) is 6.62. The van der Waals surface area contributed by atoms with E-state index in [2.05, 4.69) is 57.7 Å². The number of benzene rings is 1. The molecule has 1 aliphatic heterocycles. The predicted molar refractivity (Wildman–Crippen MR) is 87.7 cm³/mol. The molecule has 0 bridgehead atoms. The van der Waals surface area contributed by atoms with Crippen LogP contribution in [0.4, 0.5) is 5.13 Å². The molecule has 0 aliphatic carbocycles. The largest absolute Gasteiger partial charge is 0.356 e. The summed E-state index contributed by atoms with van der Waals surface area (Å²) in [5.41, 5.74) is 1.39. The van der Waals surface area contributed by atoms with Gasteiger partial charge in [-0.3, -0.25) is 4.90 Å². The maximum absolute atomic E-state index is 4.23. The standard InChI is InChI=1S/C16H22N4S/c1-2-15-18-19-16(21-15)17-14-9-6-10-20(12-14)11-13-7-4-3-5-8-13/h3-5,7-8,14H,2,6,9-12H2,1H3,(H,17,19). The molecule has 0 amide bonds. The van der Waals surface area contributed by atoms with Gasteiger partial charge in [-0.25, -0.2) is 0 Å². The minimum absolute atomic E-state index is 0.486. The molecular weight excluding hydrogens is 280 g/mol. The third-order valence-corrected chi connectivity index (χ3v) is 4.85. The fraction of sp³-hybridized carbons (Fsp3) is 0.500. The van der Waals surface area contributed by atoms with E-state index >= 15 is 0 Å². The molecule has 2 aromatic rings. The molecule has 1 aromatic heterocycles. The predicted octanol–water partition coefficient (Wildman–Crippen LogP) is 3.18. The number of aromatic nitrogens is 2. The maximum Gasteiger partial charge on any atom is 0.205 e. The number of hydrogen-bond acceptors (Lipinski definition) is 5. The molecule has 4 nitrogen and oxygen atoms in total. The van der Waals surface area contributed by atoms with Crippen LogP contribution in [0.5, 0.6) is 0 Å². The van der Waals surface area contributed by atoms with E-state index in [1.54, 1.807) is 11.3 Å². The summed E-state index contributed by atoms with van der Waals surface area (Å²) in [6.45, 7) is 5.42. The van der Waals surface area contributed by atoms with Gasteiger partial charge in [-0.15, -0.1) is 10.2 Å². The zero-order valence-electron chi connectivity index (χ0n) is 12.5. The molecule has 2 heterocycles. The van der Waals surface area contributed by atoms with Gasteiger partial charge in [-0.1, -0.05) is 48.6 Å². The van der Waals surface area contributed by atoms with Crippen LogP contribution in [-0.2, 0) is 13.0 Å². The molecule has 5 heteroatoms. The number of likely N-dealkylation sites (tertiary alicyclic amines) is 1. The van der Waals surface area contributed by atoms with E-state index in [-0.39, 0.29) is 0 Å². The van der Waals surface area contributed by atoms with Gasteiger partial charge in [-0.2, -0.15) is 0 Å². The van der Waals surface area contributed by atoms with Gasteiger partial charge in [0.05, 0.1) is 0 Å². The van der Waals surface area contributed by atoms with E-state index in [1.165, 1.54) is 24.9 Å². The van der Waals surface area contributed by atoms with Crippen molar-refractivity contribution >= 4 is 16.5 Å². The summed E-state index contributed by atoms with van der Waals surface area (Å²) in [6, 6.07) is 11.2. The Hall–Kier alpha value is -1.46. The van der Waals surface area contributed by atoms with Crippen molar-refractivity contribution in [3.05, 3.63) is 40.9 Å². The van der Waals surface area contributed by atoms with Crippen LogP contribution in [0.25, 0.3) is 0 Å². The number of nitrogens with zero attached hydrogens (tertiary/aromatic N) is 3. The summed E-state index contributed by atoms with van der Waals surface area (Å²) in [5, 5.41) is 14.0. The molecule has 112 valence electrons. The highest BCUT2D eigenvalue weighted by Crippen LogP contribution is 2.21. The molecule has 0 saturated carbocycles. The fourth-order valence-corrected chi connectivity index (χ4v) is 3.54. The summed E-state index contributed by atoms with van der Waals surface area (Å²) >= 11 is 1.68. The molecule has 21 heavy (non-hydrogen) atoms. The van der Waals surface area contributed by atoms with Crippen molar-refractivity contribution in [3.63, 3.8) is 0 Å². The van der Waals surface area contributed by atoms with Crippen LogP contribution in [0, 0.1) is 0 Å². The minimum Gasteiger partial charge on any atom is -0.356 e.